The molecule has 2 aromatic rings. The van der Waals surface area contributed by atoms with Crippen molar-refractivity contribution in [3.8, 4) is 0 Å². The first-order valence-electron chi connectivity index (χ1n) is 5.45. The molecule has 2 heterocycles. The zero-order chi connectivity index (χ0) is 12.3. The molecule has 2 aromatic heterocycles. The van der Waals surface area contributed by atoms with Crippen LogP contribution in [0.25, 0.3) is 0 Å². The van der Waals surface area contributed by atoms with Gasteiger partial charge in [0.15, 0.2) is 0 Å². The molecule has 0 spiro atoms. The summed E-state index contributed by atoms with van der Waals surface area (Å²) in [5, 5.41) is 3.39. The van der Waals surface area contributed by atoms with Crippen molar-refractivity contribution in [2.45, 2.75) is 19.9 Å². The van der Waals surface area contributed by atoms with Crippen molar-refractivity contribution < 1.29 is 0 Å². The third-order valence-electron chi connectivity index (χ3n) is 2.60. The maximum atomic E-state index is 4.37. The first-order chi connectivity index (χ1) is 8.16. The second-order valence-electron chi connectivity index (χ2n) is 3.97. The molecule has 2 rings (SSSR count). The quantitative estimate of drug-likeness (QED) is 0.937. The van der Waals surface area contributed by atoms with Crippen LogP contribution in [0, 0.1) is 6.92 Å². The minimum Gasteiger partial charge on any atom is -0.363 e. The minimum atomic E-state index is 0.213. The van der Waals surface area contributed by atoms with Crippen LogP contribution in [0.2, 0.25) is 0 Å². The highest BCUT2D eigenvalue weighted by molar-refractivity contribution is 9.10. The second kappa shape index (κ2) is 5.27. The third-order valence-corrected chi connectivity index (χ3v) is 3.04. The molecule has 0 aliphatic rings. The lowest BCUT2D eigenvalue weighted by Crippen LogP contribution is -2.09. The minimum absolute atomic E-state index is 0.213. The molecule has 0 aliphatic carbocycles. The molecular weight excluding hydrogens is 278 g/mol. The van der Waals surface area contributed by atoms with Gasteiger partial charge in [-0.1, -0.05) is 0 Å². The normalized spacial score (nSPS) is 12.2. The van der Waals surface area contributed by atoms with Gasteiger partial charge in [0, 0.05) is 23.1 Å². The van der Waals surface area contributed by atoms with Gasteiger partial charge in [-0.05, 0) is 59.1 Å². The van der Waals surface area contributed by atoms with Gasteiger partial charge in [-0.25, -0.2) is 4.98 Å². The highest BCUT2D eigenvalue weighted by Crippen LogP contribution is 2.21. The first kappa shape index (κ1) is 12.0. The number of nitrogens with zero attached hydrogens (tertiary/aromatic N) is 2. The summed E-state index contributed by atoms with van der Waals surface area (Å²) in [5.41, 5.74) is 2.32. The lowest BCUT2D eigenvalue weighted by atomic mass is 10.1. The molecule has 0 radical (unpaired) electrons. The van der Waals surface area contributed by atoms with Crippen molar-refractivity contribution in [3.05, 3.63) is 52.4 Å². The Kier molecular flexibility index (Phi) is 3.74. The largest absolute Gasteiger partial charge is 0.363 e. The number of nitrogens with one attached hydrogen (secondary N) is 1. The lowest BCUT2D eigenvalue weighted by Gasteiger charge is -2.16. The standard InChI is InChI=1S/C13H14BrN3/c1-9-7-12(14)8-16-13(9)17-10(2)11-3-5-15-6-4-11/h3-8,10H,1-2H3,(H,16,17). The number of rotatable bonds is 3. The SMILES string of the molecule is Cc1cc(Br)cnc1NC(C)c1ccncc1. The van der Waals surface area contributed by atoms with Gasteiger partial charge in [0.1, 0.15) is 5.82 Å². The molecule has 0 amide bonds. The van der Waals surface area contributed by atoms with Crippen LogP contribution in [0.5, 0.6) is 0 Å². The van der Waals surface area contributed by atoms with E-state index in [9.17, 15) is 0 Å². The summed E-state index contributed by atoms with van der Waals surface area (Å²) in [4.78, 5) is 8.38. The average molecular weight is 292 g/mol. The number of halogens is 1. The summed E-state index contributed by atoms with van der Waals surface area (Å²) < 4.78 is 0.997. The lowest BCUT2D eigenvalue weighted by molar-refractivity contribution is 0.867. The number of anilines is 1. The second-order valence-corrected chi connectivity index (χ2v) is 4.88. The van der Waals surface area contributed by atoms with Gasteiger partial charge in [0.2, 0.25) is 0 Å². The fourth-order valence-corrected chi connectivity index (χ4v) is 2.08. The first-order valence-corrected chi connectivity index (χ1v) is 6.24. The average Bonchev–Trinajstić information content (AvgIpc) is 2.34. The van der Waals surface area contributed by atoms with E-state index in [1.807, 2.05) is 19.1 Å². The summed E-state index contributed by atoms with van der Waals surface area (Å²) in [6, 6.07) is 6.28. The Hall–Kier alpha value is -1.42. The van der Waals surface area contributed by atoms with Gasteiger partial charge in [-0.15, -0.1) is 0 Å². The molecule has 0 saturated carbocycles. The number of pyridine rings is 2. The van der Waals surface area contributed by atoms with Crippen molar-refractivity contribution in [1.82, 2.24) is 9.97 Å². The number of aryl methyl sites for hydroxylation is 1. The highest BCUT2D eigenvalue weighted by atomic mass is 79.9. The maximum absolute atomic E-state index is 4.37. The van der Waals surface area contributed by atoms with E-state index in [0.29, 0.717) is 0 Å². The van der Waals surface area contributed by atoms with Gasteiger partial charge >= 0.3 is 0 Å². The smallest absolute Gasteiger partial charge is 0.129 e. The fourth-order valence-electron chi connectivity index (χ4n) is 1.63. The molecule has 0 fully saturated rings. The monoisotopic (exact) mass is 291 g/mol. The van der Waals surface area contributed by atoms with E-state index in [1.54, 1.807) is 18.6 Å². The Bertz CT molecular complexity index is 499. The van der Waals surface area contributed by atoms with Crippen LogP contribution < -0.4 is 5.32 Å². The zero-order valence-electron chi connectivity index (χ0n) is 9.81. The van der Waals surface area contributed by atoms with Crippen LogP contribution in [0.15, 0.2) is 41.3 Å². The van der Waals surface area contributed by atoms with Gasteiger partial charge in [0.25, 0.3) is 0 Å². The van der Waals surface area contributed by atoms with Crippen LogP contribution in [0.1, 0.15) is 24.1 Å². The fraction of sp³-hybridized carbons (Fsp3) is 0.231. The van der Waals surface area contributed by atoms with Crippen LogP contribution >= 0.6 is 15.9 Å². The molecule has 88 valence electrons. The highest BCUT2D eigenvalue weighted by Gasteiger charge is 2.07. The van der Waals surface area contributed by atoms with Gasteiger partial charge in [0.05, 0.1) is 6.04 Å². The van der Waals surface area contributed by atoms with Crippen LogP contribution in [0.4, 0.5) is 5.82 Å². The van der Waals surface area contributed by atoms with E-state index in [-0.39, 0.29) is 6.04 Å². The van der Waals surface area contributed by atoms with Crippen LogP contribution in [-0.4, -0.2) is 9.97 Å². The number of hydrogen-bond donors (Lipinski definition) is 1. The summed E-state index contributed by atoms with van der Waals surface area (Å²) in [6.45, 7) is 4.15. The van der Waals surface area contributed by atoms with Crippen molar-refractivity contribution in [1.29, 1.82) is 0 Å². The summed E-state index contributed by atoms with van der Waals surface area (Å²) in [6.07, 6.45) is 5.40. The topological polar surface area (TPSA) is 37.8 Å². The molecule has 1 unspecified atom stereocenters. The molecular formula is C13H14BrN3. The van der Waals surface area contributed by atoms with Crippen LogP contribution in [0.3, 0.4) is 0 Å². The van der Waals surface area contributed by atoms with E-state index in [0.717, 1.165) is 15.9 Å². The van der Waals surface area contributed by atoms with Crippen LogP contribution in [-0.2, 0) is 0 Å². The molecule has 0 aromatic carbocycles. The van der Waals surface area contributed by atoms with E-state index < -0.39 is 0 Å². The van der Waals surface area contributed by atoms with E-state index >= 15 is 0 Å². The van der Waals surface area contributed by atoms with Gasteiger partial charge in [-0.2, -0.15) is 0 Å². The summed E-state index contributed by atoms with van der Waals surface area (Å²) in [7, 11) is 0. The predicted molar refractivity (Wildman–Crippen MR) is 72.9 cm³/mol. The van der Waals surface area contributed by atoms with Gasteiger partial charge < -0.3 is 5.32 Å². The molecule has 4 heteroatoms. The maximum Gasteiger partial charge on any atom is 0.129 e. The molecule has 0 bridgehead atoms. The molecule has 0 saturated heterocycles. The van der Waals surface area contributed by atoms with Crippen molar-refractivity contribution >= 4 is 21.7 Å². The molecule has 1 atom stereocenters. The third kappa shape index (κ3) is 3.03. The Labute approximate surface area is 109 Å². The summed E-state index contributed by atoms with van der Waals surface area (Å²) >= 11 is 3.41. The van der Waals surface area contributed by atoms with Crippen molar-refractivity contribution in [2.24, 2.45) is 0 Å². The van der Waals surface area contributed by atoms with E-state index in [4.69, 9.17) is 0 Å². The molecule has 0 aliphatic heterocycles. The number of hydrogen-bond acceptors (Lipinski definition) is 3. The Morgan fingerprint density at radius 2 is 2.00 bits per heavy atom. The van der Waals surface area contributed by atoms with E-state index in [2.05, 4.69) is 44.2 Å². The Morgan fingerprint density at radius 3 is 2.65 bits per heavy atom. The Morgan fingerprint density at radius 1 is 1.29 bits per heavy atom. The van der Waals surface area contributed by atoms with Crippen molar-refractivity contribution in [3.63, 3.8) is 0 Å². The van der Waals surface area contributed by atoms with Gasteiger partial charge in [-0.3, -0.25) is 4.98 Å². The zero-order valence-corrected chi connectivity index (χ0v) is 11.4. The predicted octanol–water partition coefficient (Wildman–Crippen LogP) is 3.72. The molecule has 1 N–H and O–H groups in total. The summed E-state index contributed by atoms with van der Waals surface area (Å²) in [5.74, 6) is 0.914. The molecule has 17 heavy (non-hydrogen) atoms. The van der Waals surface area contributed by atoms with Crippen molar-refractivity contribution in [2.75, 3.05) is 5.32 Å². The molecule has 3 nitrogen and oxygen atoms in total. The number of aromatic nitrogens is 2. The van der Waals surface area contributed by atoms with E-state index in [1.165, 1.54) is 5.56 Å². The Balaban J connectivity index is 2.16.